The number of benzene rings is 1. The van der Waals surface area contributed by atoms with Gasteiger partial charge in [-0.2, -0.15) is 0 Å². The van der Waals surface area contributed by atoms with Gasteiger partial charge in [-0.3, -0.25) is 4.99 Å². The van der Waals surface area contributed by atoms with Crippen LogP contribution in [0.2, 0.25) is 0 Å². The van der Waals surface area contributed by atoms with Gasteiger partial charge in [0.15, 0.2) is 0 Å². The molecule has 0 spiro atoms. The number of nitrogens with zero attached hydrogens (tertiary/aromatic N) is 1. The topological polar surface area (TPSA) is 62.2 Å². The molecule has 0 atom stereocenters. The van der Waals surface area contributed by atoms with Crippen LogP contribution in [-0.2, 0) is 0 Å². The molecule has 0 saturated heterocycles. The molecular weight excluding hydrogens is 169 g/mol. The lowest BCUT2D eigenvalue weighted by Gasteiger charge is -1.96. The summed E-state index contributed by atoms with van der Waals surface area (Å²) in [6, 6.07) is 4.35. The van der Waals surface area contributed by atoms with Gasteiger partial charge in [-0.15, -0.1) is 0 Å². The predicted molar refractivity (Wildman–Crippen MR) is 52.4 cm³/mol. The van der Waals surface area contributed by atoms with Crippen LogP contribution in [0.25, 0.3) is 0 Å². The number of nitrogens with two attached hydrogens (primary N) is 1. The van der Waals surface area contributed by atoms with Gasteiger partial charge in [0.05, 0.1) is 11.4 Å². The summed E-state index contributed by atoms with van der Waals surface area (Å²) in [7, 11) is 0. The number of aliphatic imine (C=N–C) groups is 1. The van der Waals surface area contributed by atoms with Crippen LogP contribution in [0, 0.1) is 11.2 Å². The van der Waals surface area contributed by atoms with Crippen molar-refractivity contribution in [3.8, 4) is 0 Å². The number of nitrogen functional groups attached to an aromatic ring is 1. The number of hydrogen-bond acceptors (Lipinski definition) is 3. The fourth-order valence-electron chi connectivity index (χ4n) is 0.807. The Kier molecular flexibility index (Phi) is 3.14. The van der Waals surface area contributed by atoms with Crippen LogP contribution in [0.1, 0.15) is 6.42 Å². The minimum Gasteiger partial charge on any atom is -0.396 e. The zero-order valence-electron chi connectivity index (χ0n) is 7.00. The number of halogens is 1. The lowest BCUT2D eigenvalue weighted by atomic mass is 10.3. The first-order chi connectivity index (χ1) is 6.24. The zero-order valence-corrected chi connectivity index (χ0v) is 7.00. The van der Waals surface area contributed by atoms with E-state index in [1.165, 1.54) is 24.6 Å². The number of nitrogens with one attached hydrogen (secondary N) is 1. The molecule has 0 radical (unpaired) electrons. The van der Waals surface area contributed by atoms with E-state index in [1.807, 2.05) is 0 Å². The highest BCUT2D eigenvalue weighted by Crippen LogP contribution is 2.17. The second-order valence-electron chi connectivity index (χ2n) is 2.46. The molecule has 1 aromatic rings. The number of anilines is 1. The molecule has 0 bridgehead atoms. The lowest BCUT2D eigenvalue weighted by Crippen LogP contribution is -1.88. The molecule has 0 amide bonds. The standard InChI is InChI=1S/C9H10FN3/c10-8-6-7(2-3-9(8)12)13-5-1-4-11/h2-6,11H,1,12H2. The van der Waals surface area contributed by atoms with Gasteiger partial charge < -0.3 is 11.1 Å². The average molecular weight is 179 g/mol. The van der Waals surface area contributed by atoms with E-state index in [0.717, 1.165) is 0 Å². The van der Waals surface area contributed by atoms with Crippen molar-refractivity contribution >= 4 is 23.8 Å². The highest BCUT2D eigenvalue weighted by Gasteiger charge is 1.97. The fraction of sp³-hybridized carbons (Fsp3) is 0.111. The molecule has 0 aliphatic heterocycles. The van der Waals surface area contributed by atoms with Crippen LogP contribution in [0.15, 0.2) is 23.2 Å². The largest absolute Gasteiger partial charge is 0.396 e. The maximum absolute atomic E-state index is 12.8. The van der Waals surface area contributed by atoms with Gasteiger partial charge in [-0.25, -0.2) is 4.39 Å². The second kappa shape index (κ2) is 4.35. The van der Waals surface area contributed by atoms with E-state index in [4.69, 9.17) is 11.1 Å². The van der Waals surface area contributed by atoms with Crippen molar-refractivity contribution in [1.29, 1.82) is 5.41 Å². The van der Waals surface area contributed by atoms with Gasteiger partial charge in [0, 0.05) is 24.9 Å². The molecule has 0 fully saturated rings. The van der Waals surface area contributed by atoms with Gasteiger partial charge in [-0.1, -0.05) is 0 Å². The highest BCUT2D eigenvalue weighted by molar-refractivity contribution is 5.79. The molecule has 3 N–H and O–H groups in total. The van der Waals surface area contributed by atoms with Crippen LogP contribution in [0.5, 0.6) is 0 Å². The van der Waals surface area contributed by atoms with Gasteiger partial charge in [0.25, 0.3) is 0 Å². The summed E-state index contributed by atoms with van der Waals surface area (Å²) in [5, 5.41) is 6.73. The van der Waals surface area contributed by atoms with Gasteiger partial charge in [0.1, 0.15) is 5.82 Å². The minimum absolute atomic E-state index is 0.117. The molecule has 3 nitrogen and oxygen atoms in total. The normalized spacial score (nSPS) is 10.5. The molecular formula is C9H10FN3. The zero-order chi connectivity index (χ0) is 9.68. The molecule has 68 valence electrons. The Balaban J connectivity index is 2.79. The molecule has 13 heavy (non-hydrogen) atoms. The molecule has 0 aliphatic rings. The Hall–Kier alpha value is -1.71. The molecule has 1 rings (SSSR count). The Morgan fingerprint density at radius 3 is 2.92 bits per heavy atom. The van der Waals surface area contributed by atoms with E-state index in [0.29, 0.717) is 12.1 Å². The Bertz CT molecular complexity index is 334. The van der Waals surface area contributed by atoms with Crippen LogP contribution < -0.4 is 5.73 Å². The van der Waals surface area contributed by atoms with Crippen LogP contribution in [0.4, 0.5) is 15.8 Å². The third-order valence-electron chi connectivity index (χ3n) is 1.45. The smallest absolute Gasteiger partial charge is 0.148 e. The summed E-state index contributed by atoms with van der Waals surface area (Å²) >= 11 is 0. The quantitative estimate of drug-likeness (QED) is 0.542. The van der Waals surface area contributed by atoms with Gasteiger partial charge >= 0.3 is 0 Å². The Morgan fingerprint density at radius 2 is 2.31 bits per heavy atom. The van der Waals surface area contributed by atoms with Crippen molar-refractivity contribution in [2.75, 3.05) is 5.73 Å². The fourth-order valence-corrected chi connectivity index (χ4v) is 0.807. The SMILES string of the molecule is N=CCC=Nc1ccc(N)c(F)c1. The molecule has 0 aromatic heterocycles. The van der Waals surface area contributed by atoms with Crippen LogP contribution in [0.3, 0.4) is 0 Å². The third kappa shape index (κ3) is 2.66. The van der Waals surface area contributed by atoms with E-state index < -0.39 is 5.82 Å². The number of rotatable bonds is 3. The summed E-state index contributed by atoms with van der Waals surface area (Å²) in [5.41, 5.74) is 5.91. The predicted octanol–water partition coefficient (Wildman–Crippen LogP) is 2.15. The molecule has 0 heterocycles. The third-order valence-corrected chi connectivity index (χ3v) is 1.45. The molecule has 0 unspecified atom stereocenters. The second-order valence-corrected chi connectivity index (χ2v) is 2.46. The van der Waals surface area contributed by atoms with Crippen molar-refractivity contribution in [3.05, 3.63) is 24.0 Å². The van der Waals surface area contributed by atoms with Gasteiger partial charge in [0.2, 0.25) is 0 Å². The van der Waals surface area contributed by atoms with E-state index in [2.05, 4.69) is 4.99 Å². The van der Waals surface area contributed by atoms with E-state index >= 15 is 0 Å². The molecule has 0 saturated carbocycles. The monoisotopic (exact) mass is 179 g/mol. The van der Waals surface area contributed by atoms with E-state index in [1.54, 1.807) is 6.07 Å². The first-order valence-electron chi connectivity index (χ1n) is 3.80. The summed E-state index contributed by atoms with van der Waals surface area (Å²) < 4.78 is 12.8. The van der Waals surface area contributed by atoms with Crippen molar-refractivity contribution < 1.29 is 4.39 Å². The van der Waals surface area contributed by atoms with Gasteiger partial charge in [-0.05, 0) is 12.1 Å². The lowest BCUT2D eigenvalue weighted by molar-refractivity contribution is 0.633. The maximum Gasteiger partial charge on any atom is 0.148 e. The van der Waals surface area contributed by atoms with Crippen LogP contribution >= 0.6 is 0 Å². The maximum atomic E-state index is 12.8. The number of hydrogen-bond donors (Lipinski definition) is 2. The van der Waals surface area contributed by atoms with E-state index in [-0.39, 0.29) is 5.69 Å². The summed E-state index contributed by atoms with van der Waals surface area (Å²) in [4.78, 5) is 3.93. The Morgan fingerprint density at radius 1 is 1.54 bits per heavy atom. The average Bonchev–Trinajstić information content (AvgIpc) is 2.12. The summed E-state index contributed by atoms with van der Waals surface area (Å²) in [6.45, 7) is 0. The van der Waals surface area contributed by atoms with Crippen molar-refractivity contribution in [1.82, 2.24) is 0 Å². The first kappa shape index (κ1) is 9.38. The van der Waals surface area contributed by atoms with Crippen molar-refractivity contribution in [3.63, 3.8) is 0 Å². The van der Waals surface area contributed by atoms with Crippen molar-refractivity contribution in [2.24, 2.45) is 4.99 Å². The molecule has 0 aliphatic carbocycles. The van der Waals surface area contributed by atoms with E-state index in [9.17, 15) is 4.39 Å². The van der Waals surface area contributed by atoms with Crippen molar-refractivity contribution in [2.45, 2.75) is 6.42 Å². The van der Waals surface area contributed by atoms with Crippen LogP contribution in [-0.4, -0.2) is 12.4 Å². The Labute approximate surface area is 75.6 Å². The molecule has 4 heteroatoms. The summed E-state index contributed by atoms with van der Waals surface area (Å²) in [6.07, 6.45) is 3.21. The highest BCUT2D eigenvalue weighted by atomic mass is 19.1. The first-order valence-corrected chi connectivity index (χ1v) is 3.80. The molecule has 1 aromatic carbocycles. The minimum atomic E-state index is -0.468. The summed E-state index contributed by atoms with van der Waals surface area (Å²) in [5.74, 6) is -0.468.